The van der Waals surface area contributed by atoms with Crippen molar-refractivity contribution in [3.63, 3.8) is 0 Å². The molecule has 51 heavy (non-hydrogen) atoms. The molecule has 0 fully saturated rings. The van der Waals surface area contributed by atoms with Gasteiger partial charge < -0.3 is 14.2 Å². The summed E-state index contributed by atoms with van der Waals surface area (Å²) in [5.74, 6) is 0. The number of rotatable bonds is 6. The summed E-state index contributed by atoms with van der Waals surface area (Å²) in [5, 5.41) is 5.05. The molecule has 0 aliphatic rings. The lowest BCUT2D eigenvalue weighted by Gasteiger charge is -2.30. The second-order valence-corrected chi connectivity index (χ2v) is 14.2. The molecule has 0 saturated heterocycles. The molecule has 0 saturated carbocycles. The first-order valence-electron chi connectivity index (χ1n) is 17.9. The van der Waals surface area contributed by atoms with Crippen LogP contribution in [0.4, 0.5) is 34.1 Å². The average Bonchev–Trinajstić information content (AvgIpc) is 3.66. The summed E-state index contributed by atoms with van der Waals surface area (Å²) in [6, 6.07) is 51.6. The van der Waals surface area contributed by atoms with Gasteiger partial charge in [-0.25, -0.2) is 0 Å². The molecule has 0 spiro atoms. The maximum atomic E-state index is 2.51. The van der Waals surface area contributed by atoms with E-state index >= 15 is 0 Å². The fourth-order valence-electron chi connectivity index (χ4n) is 8.24. The van der Waals surface area contributed by atoms with Crippen molar-refractivity contribution in [2.24, 2.45) is 0 Å². The molecule has 2 aromatic heterocycles. The first-order chi connectivity index (χ1) is 24.8. The van der Waals surface area contributed by atoms with Crippen molar-refractivity contribution in [1.29, 1.82) is 0 Å². The van der Waals surface area contributed by atoms with Crippen LogP contribution in [0, 0.1) is 41.5 Å². The third-order valence-electron chi connectivity index (χ3n) is 10.7. The number of fused-ring (bicyclic) bond motifs is 6. The van der Waals surface area contributed by atoms with Gasteiger partial charge in [0.25, 0.3) is 0 Å². The van der Waals surface area contributed by atoms with Gasteiger partial charge in [0.05, 0.1) is 27.9 Å². The normalized spacial score (nSPS) is 11.7. The number of benzene rings is 7. The molecule has 0 bridgehead atoms. The molecule has 0 amide bonds. The van der Waals surface area contributed by atoms with Crippen LogP contribution in [0.2, 0.25) is 0 Å². The van der Waals surface area contributed by atoms with Gasteiger partial charge in [0.1, 0.15) is 0 Å². The first kappa shape index (κ1) is 31.0. The predicted molar refractivity (Wildman–Crippen MR) is 219 cm³/mol. The highest BCUT2D eigenvalue weighted by Gasteiger charge is 2.27. The Morgan fingerprint density at radius 3 is 1.20 bits per heavy atom. The molecule has 0 radical (unpaired) electrons. The summed E-state index contributed by atoms with van der Waals surface area (Å²) in [6.07, 6.45) is 0. The monoisotopic (exact) mass is 659 g/mol. The summed E-state index contributed by atoms with van der Waals surface area (Å²) in [7, 11) is 0. The zero-order chi connectivity index (χ0) is 35.0. The van der Waals surface area contributed by atoms with Crippen molar-refractivity contribution >= 4 is 72.2 Å². The fraction of sp³-hybridized carbons (Fsp3) is 0.125. The van der Waals surface area contributed by atoms with Gasteiger partial charge in [-0.3, -0.25) is 0 Å². The first-order valence-corrected chi connectivity index (χ1v) is 17.9. The zero-order valence-corrected chi connectivity index (χ0v) is 30.1. The minimum absolute atomic E-state index is 1.19. The van der Waals surface area contributed by atoms with E-state index in [1.165, 1.54) is 106 Å². The highest BCUT2D eigenvalue weighted by atomic mass is 15.2. The summed E-state index contributed by atoms with van der Waals surface area (Å²) in [5.41, 5.74) is 18.3. The van der Waals surface area contributed by atoms with Crippen LogP contribution < -0.4 is 9.80 Å². The Morgan fingerprint density at radius 2 is 0.745 bits per heavy atom. The molecule has 0 N–H and O–H groups in total. The number of hydrogen-bond donors (Lipinski definition) is 0. The van der Waals surface area contributed by atoms with Crippen molar-refractivity contribution in [2.45, 2.75) is 41.5 Å². The highest BCUT2D eigenvalue weighted by Crippen LogP contribution is 2.50. The summed E-state index contributed by atoms with van der Waals surface area (Å²) in [4.78, 5) is 4.96. The van der Waals surface area contributed by atoms with Crippen molar-refractivity contribution in [2.75, 3.05) is 9.80 Å². The van der Waals surface area contributed by atoms with Crippen LogP contribution in [0.3, 0.4) is 0 Å². The number of para-hydroxylation sites is 3. The largest absolute Gasteiger partial charge is 0.309 e. The smallest absolute Gasteiger partial charge is 0.0622 e. The fourth-order valence-corrected chi connectivity index (χ4v) is 8.24. The van der Waals surface area contributed by atoms with Crippen LogP contribution in [0.25, 0.3) is 38.1 Å². The molecular weight excluding hydrogens is 619 g/mol. The zero-order valence-electron chi connectivity index (χ0n) is 30.1. The topological polar surface area (TPSA) is 10.9 Å². The van der Waals surface area contributed by atoms with Crippen LogP contribution in [-0.2, 0) is 0 Å². The van der Waals surface area contributed by atoms with Gasteiger partial charge in [0, 0.05) is 44.3 Å². The van der Waals surface area contributed by atoms with Gasteiger partial charge in [0.2, 0.25) is 0 Å². The SMILES string of the molecule is Cc1ccc(C)c(N(c2ccccc2C)c2cccc3c2c2cccc4c5c(N(c6ccccc6C)c6cc(C)ccc6C)cccc5n3c24)c1. The molecule has 0 aliphatic heterocycles. The highest BCUT2D eigenvalue weighted by molar-refractivity contribution is 6.28. The quantitative estimate of drug-likeness (QED) is 0.176. The summed E-state index contributed by atoms with van der Waals surface area (Å²) < 4.78 is 2.51. The number of aromatic nitrogens is 1. The van der Waals surface area contributed by atoms with E-state index in [0.717, 1.165) is 0 Å². The number of hydrogen-bond acceptors (Lipinski definition) is 2. The van der Waals surface area contributed by atoms with Gasteiger partial charge in [-0.05, 0) is 123 Å². The van der Waals surface area contributed by atoms with Crippen LogP contribution in [-0.4, -0.2) is 4.40 Å². The Bertz CT molecular complexity index is 2600. The van der Waals surface area contributed by atoms with E-state index in [9.17, 15) is 0 Å². The molecule has 9 rings (SSSR count). The minimum Gasteiger partial charge on any atom is -0.309 e. The van der Waals surface area contributed by atoms with E-state index in [1.807, 2.05) is 0 Å². The van der Waals surface area contributed by atoms with Crippen molar-refractivity contribution in [1.82, 2.24) is 4.40 Å². The third kappa shape index (κ3) is 4.72. The van der Waals surface area contributed by atoms with E-state index < -0.39 is 0 Å². The van der Waals surface area contributed by atoms with Crippen molar-refractivity contribution < 1.29 is 0 Å². The van der Waals surface area contributed by atoms with Gasteiger partial charge in [-0.15, -0.1) is 0 Å². The maximum Gasteiger partial charge on any atom is 0.0622 e. The van der Waals surface area contributed by atoms with Crippen molar-refractivity contribution in [3.8, 4) is 0 Å². The Kier molecular flexibility index (Phi) is 7.15. The predicted octanol–water partition coefficient (Wildman–Crippen LogP) is 13.6. The molecule has 3 heteroatoms. The average molecular weight is 660 g/mol. The van der Waals surface area contributed by atoms with E-state index in [2.05, 4.69) is 195 Å². The molecule has 2 heterocycles. The van der Waals surface area contributed by atoms with Crippen molar-refractivity contribution in [3.05, 3.63) is 173 Å². The van der Waals surface area contributed by atoms with Gasteiger partial charge in [-0.1, -0.05) is 91.0 Å². The molecule has 0 unspecified atom stereocenters. The molecule has 7 aromatic carbocycles. The van der Waals surface area contributed by atoms with Crippen LogP contribution in [0.5, 0.6) is 0 Å². The number of aryl methyl sites for hydroxylation is 6. The number of anilines is 6. The maximum absolute atomic E-state index is 2.51. The van der Waals surface area contributed by atoms with Gasteiger partial charge in [0.15, 0.2) is 0 Å². The van der Waals surface area contributed by atoms with Crippen LogP contribution in [0.1, 0.15) is 33.4 Å². The van der Waals surface area contributed by atoms with E-state index in [-0.39, 0.29) is 0 Å². The lowest BCUT2D eigenvalue weighted by molar-refractivity contribution is 1.22. The molecule has 3 nitrogen and oxygen atoms in total. The second kappa shape index (κ2) is 11.8. The van der Waals surface area contributed by atoms with E-state index in [1.54, 1.807) is 0 Å². The van der Waals surface area contributed by atoms with E-state index in [4.69, 9.17) is 0 Å². The minimum atomic E-state index is 1.19. The second-order valence-electron chi connectivity index (χ2n) is 14.2. The summed E-state index contributed by atoms with van der Waals surface area (Å²) >= 11 is 0. The lowest BCUT2D eigenvalue weighted by Crippen LogP contribution is -2.13. The van der Waals surface area contributed by atoms with Crippen LogP contribution >= 0.6 is 0 Å². The molecule has 248 valence electrons. The molecular formula is C48H41N3. The standard InChI is InChI=1S/C48H41N3/c1-30-24-26-34(5)44(28-30)49(38-18-9-7-14-32(38)3)40-20-12-22-42-46(40)36-16-11-17-37-47-41(21-13-23-43(47)51(42)48(36)37)50(39-19-10-8-15-33(39)4)45-29-31(2)25-27-35(45)6/h7-29H,1-6H3. The molecule has 0 atom stereocenters. The van der Waals surface area contributed by atoms with Crippen LogP contribution in [0.15, 0.2) is 140 Å². The Labute approximate surface area is 300 Å². The van der Waals surface area contributed by atoms with Gasteiger partial charge >= 0.3 is 0 Å². The summed E-state index contributed by atoms with van der Waals surface area (Å²) in [6.45, 7) is 13.2. The Hall–Kier alpha value is -6.06. The molecule has 9 aromatic rings. The number of nitrogens with zero attached hydrogens (tertiary/aromatic N) is 3. The van der Waals surface area contributed by atoms with E-state index in [0.29, 0.717) is 0 Å². The molecule has 0 aliphatic carbocycles. The Balaban J connectivity index is 1.39. The Morgan fingerprint density at radius 1 is 0.353 bits per heavy atom. The third-order valence-corrected chi connectivity index (χ3v) is 10.7. The van der Waals surface area contributed by atoms with Gasteiger partial charge in [-0.2, -0.15) is 0 Å². The lowest BCUT2D eigenvalue weighted by atomic mass is 10.0.